The van der Waals surface area contributed by atoms with E-state index in [0.29, 0.717) is 17.4 Å². The number of nitrogens with zero attached hydrogens (tertiary/aromatic N) is 1. The fraction of sp³-hybridized carbons (Fsp3) is 0.562. The average Bonchev–Trinajstić information content (AvgIpc) is 2.43. The van der Waals surface area contributed by atoms with Gasteiger partial charge in [-0.15, -0.1) is 0 Å². The Bertz CT molecular complexity index is 506. The van der Waals surface area contributed by atoms with Crippen molar-refractivity contribution in [3.05, 3.63) is 29.3 Å². The molecule has 1 fully saturated rings. The maximum absolute atomic E-state index is 9.09. The van der Waals surface area contributed by atoms with Crippen molar-refractivity contribution in [3.8, 4) is 11.8 Å². The minimum Gasteiger partial charge on any atom is -0.495 e. The van der Waals surface area contributed by atoms with Crippen molar-refractivity contribution in [3.63, 3.8) is 0 Å². The van der Waals surface area contributed by atoms with E-state index >= 15 is 0 Å². The second kappa shape index (κ2) is 6.25. The molecule has 1 aliphatic rings. The minimum atomic E-state index is -0.0480. The van der Waals surface area contributed by atoms with Gasteiger partial charge in [-0.05, 0) is 44.4 Å². The largest absolute Gasteiger partial charge is 0.495 e. The van der Waals surface area contributed by atoms with Crippen LogP contribution < -0.4 is 10.1 Å². The maximum Gasteiger partial charge on any atom is 0.136 e. The maximum atomic E-state index is 9.09. The topological polar surface area (TPSA) is 54.3 Å². The standard InChI is InChI=1S/C16H22N2O2/c1-16(2)9-14(6-7-20-16)18-11-12-4-5-15(19-3)13(8-12)10-17/h4-5,8,14,18H,6-7,9,11H2,1-3H3. The third-order valence-corrected chi connectivity index (χ3v) is 3.68. The summed E-state index contributed by atoms with van der Waals surface area (Å²) in [5.74, 6) is 0.628. The number of hydrogen-bond donors (Lipinski definition) is 1. The van der Waals surface area contributed by atoms with Crippen LogP contribution in [0.15, 0.2) is 18.2 Å². The van der Waals surface area contributed by atoms with Crippen molar-refractivity contribution < 1.29 is 9.47 Å². The predicted octanol–water partition coefficient (Wildman–Crippen LogP) is 2.61. The van der Waals surface area contributed by atoms with Gasteiger partial charge in [0.25, 0.3) is 0 Å². The van der Waals surface area contributed by atoms with Gasteiger partial charge in [-0.1, -0.05) is 6.07 Å². The van der Waals surface area contributed by atoms with Gasteiger partial charge in [0.2, 0.25) is 0 Å². The summed E-state index contributed by atoms with van der Waals surface area (Å²) in [6.07, 6.45) is 2.04. The smallest absolute Gasteiger partial charge is 0.136 e. The van der Waals surface area contributed by atoms with Gasteiger partial charge >= 0.3 is 0 Å². The second-order valence-corrected chi connectivity index (χ2v) is 5.83. The van der Waals surface area contributed by atoms with E-state index in [-0.39, 0.29) is 5.60 Å². The molecular weight excluding hydrogens is 252 g/mol. The zero-order chi connectivity index (χ0) is 14.6. The Balaban J connectivity index is 1.96. The van der Waals surface area contributed by atoms with Crippen LogP contribution in [-0.4, -0.2) is 25.4 Å². The van der Waals surface area contributed by atoms with Crippen molar-refractivity contribution >= 4 is 0 Å². The predicted molar refractivity (Wildman–Crippen MR) is 77.6 cm³/mol. The molecule has 1 saturated heterocycles. The molecule has 4 nitrogen and oxygen atoms in total. The molecule has 0 radical (unpaired) electrons. The molecule has 20 heavy (non-hydrogen) atoms. The van der Waals surface area contributed by atoms with Crippen LogP contribution >= 0.6 is 0 Å². The number of rotatable bonds is 4. The number of benzene rings is 1. The Kier molecular flexibility index (Phi) is 4.64. The molecule has 1 aromatic rings. The van der Waals surface area contributed by atoms with Crippen LogP contribution in [0.25, 0.3) is 0 Å². The Hall–Kier alpha value is -1.57. The third kappa shape index (κ3) is 3.72. The molecule has 108 valence electrons. The molecule has 2 rings (SSSR count). The lowest BCUT2D eigenvalue weighted by Gasteiger charge is -2.36. The summed E-state index contributed by atoms with van der Waals surface area (Å²) >= 11 is 0. The quantitative estimate of drug-likeness (QED) is 0.917. The van der Waals surface area contributed by atoms with Gasteiger partial charge in [0.05, 0.1) is 18.3 Å². The first-order valence-electron chi connectivity index (χ1n) is 6.98. The monoisotopic (exact) mass is 274 g/mol. The lowest BCUT2D eigenvalue weighted by molar-refractivity contribution is -0.0630. The lowest BCUT2D eigenvalue weighted by Crippen LogP contribution is -2.43. The number of nitriles is 1. The van der Waals surface area contributed by atoms with E-state index < -0.39 is 0 Å². The van der Waals surface area contributed by atoms with Crippen molar-refractivity contribution in [2.45, 2.75) is 44.9 Å². The molecule has 0 bridgehead atoms. The van der Waals surface area contributed by atoms with Crippen LogP contribution in [0.2, 0.25) is 0 Å². The number of nitrogens with one attached hydrogen (secondary N) is 1. The van der Waals surface area contributed by atoms with Crippen molar-refractivity contribution in [2.24, 2.45) is 0 Å². The Labute approximate surface area is 120 Å². The summed E-state index contributed by atoms with van der Waals surface area (Å²) < 4.78 is 10.9. The number of methoxy groups -OCH3 is 1. The highest BCUT2D eigenvalue weighted by Crippen LogP contribution is 2.24. The molecule has 1 aromatic carbocycles. The molecule has 1 atom stereocenters. The van der Waals surface area contributed by atoms with E-state index in [1.54, 1.807) is 7.11 Å². The van der Waals surface area contributed by atoms with Crippen LogP contribution in [0.1, 0.15) is 37.8 Å². The number of ether oxygens (including phenoxy) is 2. The van der Waals surface area contributed by atoms with E-state index in [0.717, 1.165) is 31.6 Å². The first-order valence-corrected chi connectivity index (χ1v) is 6.98. The first-order chi connectivity index (χ1) is 9.54. The average molecular weight is 274 g/mol. The van der Waals surface area contributed by atoms with Crippen molar-refractivity contribution in [1.82, 2.24) is 5.32 Å². The van der Waals surface area contributed by atoms with Crippen LogP contribution in [-0.2, 0) is 11.3 Å². The molecule has 0 amide bonds. The van der Waals surface area contributed by atoms with Gasteiger partial charge in [-0.25, -0.2) is 0 Å². The highest BCUT2D eigenvalue weighted by Gasteiger charge is 2.28. The lowest BCUT2D eigenvalue weighted by atomic mass is 9.94. The van der Waals surface area contributed by atoms with Gasteiger partial charge < -0.3 is 14.8 Å². The zero-order valence-electron chi connectivity index (χ0n) is 12.4. The molecule has 4 heteroatoms. The van der Waals surface area contributed by atoms with E-state index in [4.69, 9.17) is 14.7 Å². The van der Waals surface area contributed by atoms with Crippen molar-refractivity contribution in [2.75, 3.05) is 13.7 Å². The van der Waals surface area contributed by atoms with Gasteiger partial charge in [0, 0.05) is 19.2 Å². The molecule has 1 unspecified atom stereocenters. The van der Waals surface area contributed by atoms with E-state index in [9.17, 15) is 0 Å². The minimum absolute atomic E-state index is 0.0480. The van der Waals surface area contributed by atoms with Crippen LogP contribution in [0.4, 0.5) is 0 Å². The molecule has 0 aromatic heterocycles. The summed E-state index contributed by atoms with van der Waals surface area (Å²) in [5.41, 5.74) is 1.64. The van der Waals surface area contributed by atoms with E-state index in [1.165, 1.54) is 0 Å². The van der Waals surface area contributed by atoms with Crippen LogP contribution in [0.3, 0.4) is 0 Å². The summed E-state index contributed by atoms with van der Waals surface area (Å²) in [6, 6.07) is 8.36. The molecule has 0 saturated carbocycles. The van der Waals surface area contributed by atoms with Gasteiger partial charge in [0.15, 0.2) is 0 Å². The van der Waals surface area contributed by atoms with E-state index in [1.807, 2.05) is 18.2 Å². The molecule has 1 heterocycles. The SMILES string of the molecule is COc1ccc(CNC2CCOC(C)(C)C2)cc1C#N. The van der Waals surface area contributed by atoms with Gasteiger partial charge in [-0.2, -0.15) is 5.26 Å². The van der Waals surface area contributed by atoms with Crippen LogP contribution in [0, 0.1) is 11.3 Å². The molecule has 1 aliphatic heterocycles. The highest BCUT2D eigenvalue weighted by atomic mass is 16.5. The molecule has 0 aliphatic carbocycles. The molecular formula is C16H22N2O2. The molecule has 1 N–H and O–H groups in total. The fourth-order valence-electron chi connectivity index (χ4n) is 2.62. The highest BCUT2D eigenvalue weighted by molar-refractivity contribution is 5.45. The first kappa shape index (κ1) is 14.8. The Morgan fingerprint density at radius 1 is 1.50 bits per heavy atom. The second-order valence-electron chi connectivity index (χ2n) is 5.83. The summed E-state index contributed by atoms with van der Waals surface area (Å²) in [5, 5.41) is 12.6. The number of hydrogen-bond acceptors (Lipinski definition) is 4. The van der Waals surface area contributed by atoms with Gasteiger partial charge in [-0.3, -0.25) is 0 Å². The summed E-state index contributed by atoms with van der Waals surface area (Å²) in [6.45, 7) is 5.82. The fourth-order valence-corrected chi connectivity index (χ4v) is 2.62. The Morgan fingerprint density at radius 3 is 2.95 bits per heavy atom. The normalized spacial score (nSPS) is 21.2. The molecule has 0 spiro atoms. The Morgan fingerprint density at radius 2 is 2.30 bits per heavy atom. The summed E-state index contributed by atoms with van der Waals surface area (Å²) in [7, 11) is 1.58. The van der Waals surface area contributed by atoms with Crippen LogP contribution in [0.5, 0.6) is 5.75 Å². The third-order valence-electron chi connectivity index (χ3n) is 3.68. The van der Waals surface area contributed by atoms with E-state index in [2.05, 4.69) is 25.2 Å². The van der Waals surface area contributed by atoms with Crippen molar-refractivity contribution in [1.29, 1.82) is 5.26 Å². The zero-order valence-corrected chi connectivity index (χ0v) is 12.4. The summed E-state index contributed by atoms with van der Waals surface area (Å²) in [4.78, 5) is 0. The van der Waals surface area contributed by atoms with Gasteiger partial charge in [0.1, 0.15) is 11.8 Å².